The maximum Gasteiger partial charge on any atom is 0.338 e. The first kappa shape index (κ1) is 91.6. The van der Waals surface area contributed by atoms with Crippen LogP contribution in [0.2, 0.25) is 0 Å². The second-order valence-electron chi connectivity index (χ2n) is 37.3. The molecule has 19 heteroatoms. The van der Waals surface area contributed by atoms with Crippen molar-refractivity contribution in [1.29, 1.82) is 0 Å². The van der Waals surface area contributed by atoms with Gasteiger partial charge in [-0.2, -0.15) is 0 Å². The molecule has 10 aliphatic heterocycles. The topological polar surface area (TPSA) is 254 Å². The molecule has 0 amide bonds. The van der Waals surface area contributed by atoms with Crippen molar-refractivity contribution in [2.24, 2.45) is 11.8 Å². The zero-order valence-electron chi connectivity index (χ0n) is 72.6. The second-order valence-corrected chi connectivity index (χ2v) is 37.3. The average Bonchev–Trinajstić information content (AvgIpc) is 1.58. The first-order valence-corrected chi connectivity index (χ1v) is 44.2. The number of fused-ring (bicyclic) bond motifs is 10. The Morgan fingerprint density at radius 2 is 0.874 bits per heavy atom. The minimum absolute atomic E-state index is 0. The Kier molecular flexibility index (Phi) is 30.7. The van der Waals surface area contributed by atoms with Crippen LogP contribution in [-0.2, 0) is 56.9 Å². The summed E-state index contributed by atoms with van der Waals surface area (Å²) in [6.07, 6.45) is 31.4. The van der Waals surface area contributed by atoms with E-state index in [2.05, 4.69) is 85.9 Å². The third-order valence-electron chi connectivity index (χ3n) is 28.1. The van der Waals surface area contributed by atoms with Crippen LogP contribution < -0.4 is 0 Å². The Balaban J connectivity index is 0.000000205. The van der Waals surface area contributed by atoms with Crippen molar-refractivity contribution in [1.82, 2.24) is 0 Å². The lowest BCUT2D eigenvalue weighted by Crippen LogP contribution is -2.59. The van der Waals surface area contributed by atoms with Crippen LogP contribution in [0.4, 0.5) is 0 Å². The number of esters is 1. The van der Waals surface area contributed by atoms with E-state index in [0.717, 1.165) is 146 Å². The number of aliphatic hydroxyl groups excluding tert-OH is 2. The smallest absolute Gasteiger partial charge is 0.338 e. The van der Waals surface area contributed by atoms with Crippen LogP contribution in [0.1, 0.15) is 246 Å². The summed E-state index contributed by atoms with van der Waals surface area (Å²) in [7, 11) is 0. The molecule has 0 bridgehead atoms. The van der Waals surface area contributed by atoms with Gasteiger partial charge in [0.25, 0.3) is 0 Å². The van der Waals surface area contributed by atoms with E-state index >= 15 is 0 Å². The summed E-state index contributed by atoms with van der Waals surface area (Å²) in [6, 6.07) is 26.4. The van der Waals surface area contributed by atoms with Gasteiger partial charge in [0.05, 0.1) is 142 Å². The standard InChI is InChI=1S/C50H68O9.C39H60O8.C11H8O2.H2/c1-8-9-10-11-19-43-48(5,53)25-22-40-41(55-43)23-26-49(6)45(56-40)30-42-46(59-49)38(51)31-50(7)44(57-42)28-34(4)39(58-50)18-14-15-32(2)33(3)24-27-54-47(52)37-21-20-35-16-12-13-17-36(35)29-37;1-8-9-10-11-15-33-37(5,42)19-16-30-31(43-33)17-20-38(6)35(44-30)23-32-36(47-38)28(41)24-39(7)34(45-32)22-27(4)29(46-39)14-12-13-25(2)26(3)18-21-40;12-11(13)10-6-5-8-3-1-2-4-9(8)7-10;/h8-10,12-13,15-17,20-21,24,29,34,38-46,51,53H,1,11,14,18-19,22-23,25-28,30-31H2,2-7H3;8-10,13,18,21,27-36,41-42H,1,11-12,14-17,19-20,22-24H2,2-7H3;1-7H,(H,12,13);1H/b10-9-,32-15+,33-24+;10-9-,25-13+,26-18+;;/i;;;1+1. The molecule has 10 heterocycles. The summed E-state index contributed by atoms with van der Waals surface area (Å²) in [5.74, 6) is -0.654. The van der Waals surface area contributed by atoms with Crippen molar-refractivity contribution >= 4 is 39.8 Å². The van der Waals surface area contributed by atoms with Gasteiger partial charge in [-0.3, -0.25) is 4.79 Å². The van der Waals surface area contributed by atoms with Crippen molar-refractivity contribution < 1.29 is 93.4 Å². The molecule has 0 radical (unpaired) electrons. The molecule has 26 atom stereocenters. The quantitative estimate of drug-likeness (QED) is 0.0225. The molecule has 0 aromatic heterocycles. The third kappa shape index (κ3) is 22.3. The summed E-state index contributed by atoms with van der Waals surface area (Å²) in [5.41, 5.74) is 0.842. The Labute approximate surface area is 708 Å². The predicted octanol–water partition coefficient (Wildman–Crippen LogP) is 18.5. The summed E-state index contributed by atoms with van der Waals surface area (Å²) < 4.78 is 74.2. The number of carboxylic acids is 1. The SMILES string of the molecule is C=C/C=C\CCC1OC2CCC3(C)OC4C(O)CC5(C)OC(CC/C=C(C)/C(C)=C/C=O)C(C)CC5OC4CC3OC2CCC1(C)O.C=C/C=C\CCC1OC2CCC3(C)OC4C(O)CC5(C)OC(CC/C=C(C)/C(C)=C/COC(=O)c6ccc7ccccc7c6)C(C)CC5OC4CC3OC2CCC1(C)O.O=C(O)c1ccc2ccccc2c1.[2HH]. The van der Waals surface area contributed by atoms with Gasteiger partial charge in [-0.15, -0.1) is 0 Å². The Morgan fingerprint density at radius 1 is 0.479 bits per heavy atom. The van der Waals surface area contributed by atoms with Gasteiger partial charge >= 0.3 is 11.9 Å². The van der Waals surface area contributed by atoms with E-state index in [4.69, 9.17) is 57.2 Å². The Morgan fingerprint density at radius 3 is 1.32 bits per heavy atom. The number of allylic oxidation sites excluding steroid dienone is 13. The summed E-state index contributed by atoms with van der Waals surface area (Å²) in [5, 5.41) is 59.2. The van der Waals surface area contributed by atoms with Gasteiger partial charge in [0.15, 0.2) is 0 Å². The van der Waals surface area contributed by atoms with Gasteiger partial charge in [0, 0.05) is 27.1 Å². The minimum atomic E-state index is -0.938. The van der Waals surface area contributed by atoms with Crippen molar-refractivity contribution in [3.05, 3.63) is 192 Å². The van der Waals surface area contributed by atoms with Crippen molar-refractivity contribution in [2.75, 3.05) is 6.61 Å². The van der Waals surface area contributed by atoms with Crippen LogP contribution >= 0.6 is 0 Å². The first-order chi connectivity index (χ1) is 56.7. The van der Waals surface area contributed by atoms with Gasteiger partial charge in [-0.25, -0.2) is 9.59 Å². The van der Waals surface area contributed by atoms with E-state index in [1.807, 2.05) is 126 Å². The Hall–Kier alpha value is -6.63. The molecule has 14 rings (SSSR count). The fraction of sp³-hybridized carbons (Fsp3) is 0.610. The molecule has 0 saturated carbocycles. The molecule has 4 aromatic carbocycles. The van der Waals surface area contributed by atoms with Gasteiger partial charge in [0.1, 0.15) is 25.1 Å². The highest BCUT2D eigenvalue weighted by Crippen LogP contribution is 2.52. The first-order valence-electron chi connectivity index (χ1n) is 44.2. The molecule has 0 aliphatic carbocycles. The fourth-order valence-corrected chi connectivity index (χ4v) is 20.2. The number of carboxylic acid groups (broad SMARTS) is 1. The number of rotatable bonds is 21. The van der Waals surface area contributed by atoms with Crippen LogP contribution in [0.3, 0.4) is 0 Å². The van der Waals surface area contributed by atoms with Crippen molar-refractivity contribution in [2.45, 2.75) is 368 Å². The van der Waals surface area contributed by atoms with Gasteiger partial charge in [0.2, 0.25) is 0 Å². The molecule has 5 N–H and O–H groups in total. The highest BCUT2D eigenvalue weighted by Gasteiger charge is 2.61. The number of aliphatic hydroxyl groups is 4. The molecular formula is C100H138O19. The lowest BCUT2D eigenvalue weighted by Gasteiger charge is -2.49. The molecule has 119 heavy (non-hydrogen) atoms. The average molecular weight is 1650 g/mol. The summed E-state index contributed by atoms with van der Waals surface area (Å²) >= 11 is 0. The zero-order chi connectivity index (χ0) is 85.2. The number of carbonyl (C=O) groups excluding carboxylic acids is 2. The molecule has 4 aromatic rings. The number of aromatic carboxylic acids is 1. The maximum atomic E-state index is 12.7. The molecule has 10 aliphatic rings. The van der Waals surface area contributed by atoms with Crippen LogP contribution in [0.5, 0.6) is 0 Å². The number of benzene rings is 4. The third-order valence-corrected chi connectivity index (χ3v) is 28.1. The minimum Gasteiger partial charge on any atom is -0.478 e. The maximum absolute atomic E-state index is 12.7. The fourth-order valence-electron chi connectivity index (χ4n) is 20.2. The predicted molar refractivity (Wildman–Crippen MR) is 465 cm³/mol. The van der Waals surface area contributed by atoms with E-state index in [1.165, 1.54) is 0 Å². The zero-order valence-corrected chi connectivity index (χ0v) is 72.6. The highest BCUT2D eigenvalue weighted by atomic mass is 16.6. The van der Waals surface area contributed by atoms with E-state index in [1.54, 1.807) is 30.4 Å². The largest absolute Gasteiger partial charge is 0.478 e. The highest BCUT2D eigenvalue weighted by molar-refractivity contribution is 5.96. The molecule has 10 fully saturated rings. The number of hydrogen-bond donors (Lipinski definition) is 5. The van der Waals surface area contributed by atoms with Crippen LogP contribution in [0.15, 0.2) is 181 Å². The van der Waals surface area contributed by atoms with Gasteiger partial charge < -0.3 is 77.6 Å². The molecule has 10 saturated heterocycles. The molecule has 26 unspecified atom stereocenters. The van der Waals surface area contributed by atoms with Crippen LogP contribution in [0.25, 0.3) is 21.5 Å². The van der Waals surface area contributed by atoms with E-state index in [-0.39, 0.29) is 105 Å². The lowest BCUT2D eigenvalue weighted by atomic mass is 9.79. The van der Waals surface area contributed by atoms with E-state index < -0.39 is 64.0 Å². The summed E-state index contributed by atoms with van der Waals surface area (Å²) in [6.45, 7) is 32.5. The molecular weight excluding hydrogens is 1510 g/mol. The lowest BCUT2D eigenvalue weighted by molar-refractivity contribution is -0.273. The van der Waals surface area contributed by atoms with Crippen molar-refractivity contribution in [3.8, 4) is 0 Å². The normalized spacial score (nSPS) is 38.8. The van der Waals surface area contributed by atoms with Crippen LogP contribution in [-0.4, -0.2) is 194 Å². The number of ether oxygens (including phenoxy) is 11. The van der Waals surface area contributed by atoms with Gasteiger partial charge in [-0.1, -0.05) is 147 Å². The number of aldehydes is 1. The Bertz CT molecular complexity index is 4330. The molecule has 652 valence electrons. The number of carbonyl (C=O) groups is 3. The van der Waals surface area contributed by atoms with Crippen LogP contribution in [0, 0.1) is 11.8 Å². The molecule has 0 spiro atoms. The summed E-state index contributed by atoms with van der Waals surface area (Å²) in [4.78, 5) is 34.2. The van der Waals surface area contributed by atoms with Crippen molar-refractivity contribution in [3.63, 3.8) is 0 Å². The number of hydrogen-bond acceptors (Lipinski definition) is 18. The van der Waals surface area contributed by atoms with Gasteiger partial charge in [-0.05, 0) is 266 Å². The van der Waals surface area contributed by atoms with E-state index in [9.17, 15) is 34.8 Å². The monoisotopic (exact) mass is 1640 g/mol. The second kappa shape index (κ2) is 39.9. The molecule has 19 nitrogen and oxygen atoms in total. The van der Waals surface area contributed by atoms with E-state index in [0.29, 0.717) is 62.0 Å².